The number of hydrogen-bond donors (Lipinski definition) is 0. The Balaban J connectivity index is 0. The van der Waals surface area contributed by atoms with Gasteiger partial charge in [0.2, 0.25) is 10.4 Å². The molecule has 0 fully saturated rings. The summed E-state index contributed by atoms with van der Waals surface area (Å²) >= 11 is 0. The van der Waals surface area contributed by atoms with Crippen LogP contribution in [-0.2, 0) is 14.6 Å². The summed E-state index contributed by atoms with van der Waals surface area (Å²) in [7, 11) is -4.53. The zero-order chi connectivity index (χ0) is 10.3. The van der Waals surface area contributed by atoms with E-state index < -0.39 is 16.5 Å². The summed E-state index contributed by atoms with van der Waals surface area (Å²) < 4.78 is 35.3. The van der Waals surface area contributed by atoms with Crippen molar-refractivity contribution in [2.75, 3.05) is 0 Å². The molecule has 0 aliphatic carbocycles. The maximum absolute atomic E-state index is 10.3. The molecule has 14 heavy (non-hydrogen) atoms. The summed E-state index contributed by atoms with van der Waals surface area (Å²) in [5, 5.41) is 0. The molecule has 0 rings (SSSR count). The predicted octanol–water partition coefficient (Wildman–Crippen LogP) is -1.17. The largest absolute Gasteiger partial charge is 1.00 e. The smallest absolute Gasteiger partial charge is 0.726 e. The molecule has 4 nitrogen and oxygen atoms in total. The minimum Gasteiger partial charge on any atom is -0.726 e. The van der Waals surface area contributed by atoms with Crippen LogP contribution in [0.5, 0.6) is 0 Å². The maximum Gasteiger partial charge on any atom is 1.00 e. The molecule has 0 aliphatic heterocycles. The zero-order valence-corrected chi connectivity index (χ0v) is 12.0. The van der Waals surface area contributed by atoms with E-state index in [1.807, 2.05) is 13.8 Å². The van der Waals surface area contributed by atoms with E-state index in [1.54, 1.807) is 0 Å². The molecule has 0 unspecified atom stereocenters. The van der Waals surface area contributed by atoms with Crippen molar-refractivity contribution in [3.63, 3.8) is 0 Å². The molecule has 0 spiro atoms. The molecule has 80 valence electrons. The van der Waals surface area contributed by atoms with Gasteiger partial charge in [0, 0.05) is 0 Å². The van der Waals surface area contributed by atoms with Crippen molar-refractivity contribution in [3.05, 3.63) is 0 Å². The average molecular weight is 232 g/mol. The third kappa shape index (κ3) is 10.9. The van der Waals surface area contributed by atoms with E-state index in [0.29, 0.717) is 12.8 Å². The molecular formula is C8H17NaO4S. The zero-order valence-electron chi connectivity index (χ0n) is 9.15. The molecule has 6 heteroatoms. The van der Waals surface area contributed by atoms with Gasteiger partial charge in [0.25, 0.3) is 0 Å². The van der Waals surface area contributed by atoms with Gasteiger partial charge >= 0.3 is 29.6 Å². The fourth-order valence-corrected chi connectivity index (χ4v) is 1.69. The van der Waals surface area contributed by atoms with Crippen LogP contribution in [0.25, 0.3) is 0 Å². The first-order valence-corrected chi connectivity index (χ1v) is 5.97. The Hall–Kier alpha value is 0.870. The topological polar surface area (TPSA) is 66.4 Å². The van der Waals surface area contributed by atoms with Crippen LogP contribution in [0.1, 0.15) is 46.0 Å². The predicted molar refractivity (Wildman–Crippen MR) is 49.0 cm³/mol. The van der Waals surface area contributed by atoms with Gasteiger partial charge in [-0.1, -0.05) is 33.1 Å². The van der Waals surface area contributed by atoms with Gasteiger partial charge in [-0.2, -0.15) is 0 Å². The summed E-state index contributed by atoms with van der Waals surface area (Å²) in [5.74, 6) is 0. The van der Waals surface area contributed by atoms with Crippen LogP contribution < -0.4 is 29.6 Å². The van der Waals surface area contributed by atoms with Crippen LogP contribution in [0.4, 0.5) is 0 Å². The van der Waals surface area contributed by atoms with Crippen LogP contribution >= 0.6 is 0 Å². The van der Waals surface area contributed by atoms with Gasteiger partial charge in [-0.3, -0.25) is 4.18 Å². The van der Waals surface area contributed by atoms with E-state index in [0.717, 1.165) is 19.3 Å². The van der Waals surface area contributed by atoms with Gasteiger partial charge in [-0.15, -0.1) is 0 Å². The first-order chi connectivity index (χ1) is 5.99. The van der Waals surface area contributed by atoms with Gasteiger partial charge in [0.1, 0.15) is 0 Å². The Morgan fingerprint density at radius 1 is 1.21 bits per heavy atom. The van der Waals surface area contributed by atoms with E-state index in [9.17, 15) is 13.0 Å². The second-order valence-corrected chi connectivity index (χ2v) is 4.07. The second kappa shape index (κ2) is 9.12. The van der Waals surface area contributed by atoms with Crippen molar-refractivity contribution >= 4 is 10.4 Å². The average Bonchev–Trinajstić information content (AvgIpc) is 1.98. The molecule has 0 bridgehead atoms. The molecule has 0 aliphatic rings. The Morgan fingerprint density at radius 3 is 2.14 bits per heavy atom. The Bertz CT molecular complexity index is 215. The third-order valence-electron chi connectivity index (χ3n) is 1.74. The summed E-state index contributed by atoms with van der Waals surface area (Å²) in [6, 6.07) is 0. The van der Waals surface area contributed by atoms with E-state index >= 15 is 0 Å². The SMILES string of the molecule is CCCC[C@@H](CCC)OS(=O)(=O)[O-].[Na+]. The van der Waals surface area contributed by atoms with Crippen molar-refractivity contribution in [3.8, 4) is 0 Å². The number of unbranched alkanes of at least 4 members (excludes halogenated alkanes) is 1. The van der Waals surface area contributed by atoms with Crippen molar-refractivity contribution in [2.24, 2.45) is 0 Å². The molecule has 0 saturated heterocycles. The fourth-order valence-electron chi connectivity index (χ4n) is 1.16. The first kappa shape index (κ1) is 17.3. The van der Waals surface area contributed by atoms with E-state index in [1.165, 1.54) is 0 Å². The van der Waals surface area contributed by atoms with Gasteiger partial charge in [0.05, 0.1) is 6.10 Å². The summed E-state index contributed by atoms with van der Waals surface area (Å²) in [5.41, 5.74) is 0. The molecule has 1 atom stereocenters. The molecule has 0 aromatic carbocycles. The van der Waals surface area contributed by atoms with Crippen LogP contribution in [0.15, 0.2) is 0 Å². The molecular weight excluding hydrogens is 215 g/mol. The van der Waals surface area contributed by atoms with Crippen molar-refractivity contribution in [2.45, 2.75) is 52.1 Å². The minimum atomic E-state index is -4.53. The quantitative estimate of drug-likeness (QED) is 0.315. The molecule has 0 heterocycles. The van der Waals surface area contributed by atoms with E-state index in [4.69, 9.17) is 0 Å². The van der Waals surface area contributed by atoms with Crippen LogP contribution in [0.3, 0.4) is 0 Å². The van der Waals surface area contributed by atoms with Crippen molar-refractivity contribution in [1.29, 1.82) is 0 Å². The molecule has 0 amide bonds. The third-order valence-corrected chi connectivity index (χ3v) is 2.25. The summed E-state index contributed by atoms with van der Waals surface area (Å²) in [6.45, 7) is 3.94. The van der Waals surface area contributed by atoms with Gasteiger partial charge in [0.15, 0.2) is 0 Å². The van der Waals surface area contributed by atoms with Gasteiger partial charge < -0.3 is 4.55 Å². The van der Waals surface area contributed by atoms with E-state index in [2.05, 4.69) is 4.18 Å². The normalized spacial score (nSPS) is 13.4. The molecule has 0 radical (unpaired) electrons. The van der Waals surface area contributed by atoms with Crippen molar-refractivity contribution < 1.29 is 46.7 Å². The molecule has 0 saturated carbocycles. The number of rotatable bonds is 7. The van der Waals surface area contributed by atoms with Gasteiger partial charge in [-0.05, 0) is 12.8 Å². The minimum absolute atomic E-state index is 0. The molecule has 0 aromatic heterocycles. The first-order valence-electron chi connectivity index (χ1n) is 4.63. The van der Waals surface area contributed by atoms with Crippen LogP contribution in [0, 0.1) is 0 Å². The van der Waals surface area contributed by atoms with Gasteiger partial charge in [-0.25, -0.2) is 8.42 Å². The van der Waals surface area contributed by atoms with Crippen molar-refractivity contribution in [1.82, 2.24) is 0 Å². The molecule has 0 aromatic rings. The fraction of sp³-hybridized carbons (Fsp3) is 1.00. The van der Waals surface area contributed by atoms with Crippen LogP contribution in [-0.4, -0.2) is 19.1 Å². The Kier molecular flexibility index (Phi) is 11.3. The summed E-state index contributed by atoms with van der Waals surface area (Å²) in [4.78, 5) is 0. The monoisotopic (exact) mass is 232 g/mol. The number of hydrogen-bond acceptors (Lipinski definition) is 4. The Morgan fingerprint density at radius 2 is 1.79 bits per heavy atom. The van der Waals surface area contributed by atoms with E-state index in [-0.39, 0.29) is 29.6 Å². The summed E-state index contributed by atoms with van der Waals surface area (Å²) in [6.07, 6.45) is 3.53. The Labute approximate surface area is 109 Å². The second-order valence-electron chi connectivity index (χ2n) is 3.06. The maximum atomic E-state index is 10.3. The molecule has 0 N–H and O–H groups in total. The van der Waals surface area contributed by atoms with Crippen LogP contribution in [0.2, 0.25) is 0 Å². The standard InChI is InChI=1S/C8H18O4S.Na/c1-3-5-7-8(6-4-2)12-13(9,10)11;/h8H,3-7H2,1-2H3,(H,9,10,11);/q;+1/p-1/t8-;/m1./s1.